The van der Waals surface area contributed by atoms with E-state index < -0.39 is 0 Å². The van der Waals surface area contributed by atoms with Gasteiger partial charge in [-0.1, -0.05) is 26.7 Å². The van der Waals surface area contributed by atoms with Crippen LogP contribution in [-0.2, 0) is 6.54 Å². The molecule has 1 aromatic heterocycles. The lowest BCUT2D eigenvalue weighted by atomic mass is 9.79. The Bertz CT molecular complexity index is 318. The summed E-state index contributed by atoms with van der Waals surface area (Å²) in [6.45, 7) is 6.88. The molecule has 0 amide bonds. The van der Waals surface area contributed by atoms with Crippen LogP contribution in [0.2, 0.25) is 0 Å². The predicted octanol–water partition coefficient (Wildman–Crippen LogP) is 3.08. The molecule has 1 heterocycles. The number of nitrogens with zero attached hydrogens (tertiary/aromatic N) is 2. The molecule has 1 aromatic rings. The van der Waals surface area contributed by atoms with Crippen LogP contribution >= 0.6 is 0 Å². The fraction of sp³-hybridized carbons (Fsp3) is 0.800. The van der Waals surface area contributed by atoms with Gasteiger partial charge < -0.3 is 5.32 Å². The van der Waals surface area contributed by atoms with E-state index >= 15 is 0 Å². The summed E-state index contributed by atoms with van der Waals surface area (Å²) in [5, 5.41) is 7.95. The molecule has 0 saturated heterocycles. The zero-order chi connectivity index (χ0) is 12.8. The van der Waals surface area contributed by atoms with E-state index in [1.165, 1.54) is 32.1 Å². The van der Waals surface area contributed by atoms with E-state index in [0.717, 1.165) is 31.0 Å². The Morgan fingerprint density at radius 2 is 2.28 bits per heavy atom. The molecule has 2 atom stereocenters. The van der Waals surface area contributed by atoms with Crippen molar-refractivity contribution in [2.24, 2.45) is 11.8 Å². The molecule has 1 fully saturated rings. The van der Waals surface area contributed by atoms with Crippen molar-refractivity contribution in [3.05, 3.63) is 18.5 Å². The van der Waals surface area contributed by atoms with Crippen LogP contribution in [0.5, 0.6) is 0 Å². The first-order valence-electron chi connectivity index (χ1n) is 7.46. The van der Waals surface area contributed by atoms with E-state index in [1.54, 1.807) is 0 Å². The third kappa shape index (κ3) is 4.13. The van der Waals surface area contributed by atoms with Gasteiger partial charge in [-0.3, -0.25) is 4.68 Å². The van der Waals surface area contributed by atoms with Crippen LogP contribution in [-0.4, -0.2) is 22.4 Å². The van der Waals surface area contributed by atoms with E-state index in [4.69, 9.17) is 0 Å². The fourth-order valence-electron chi connectivity index (χ4n) is 3.00. The summed E-state index contributed by atoms with van der Waals surface area (Å²) in [5.41, 5.74) is 0. The molecule has 3 nitrogen and oxygen atoms in total. The van der Waals surface area contributed by atoms with Crippen molar-refractivity contribution in [1.29, 1.82) is 0 Å². The third-order valence-corrected chi connectivity index (χ3v) is 4.21. The Labute approximate surface area is 111 Å². The topological polar surface area (TPSA) is 29.9 Å². The van der Waals surface area contributed by atoms with Crippen LogP contribution in [0.3, 0.4) is 0 Å². The van der Waals surface area contributed by atoms with Gasteiger partial charge in [0.25, 0.3) is 0 Å². The quantitative estimate of drug-likeness (QED) is 0.785. The molecule has 102 valence electrons. The Morgan fingerprint density at radius 1 is 1.39 bits per heavy atom. The minimum absolute atomic E-state index is 0.753. The minimum Gasteiger partial charge on any atom is -0.314 e. The van der Waals surface area contributed by atoms with Crippen molar-refractivity contribution in [2.75, 3.05) is 6.54 Å². The van der Waals surface area contributed by atoms with Crippen LogP contribution in [0.1, 0.15) is 46.0 Å². The van der Waals surface area contributed by atoms with Gasteiger partial charge in [-0.25, -0.2) is 0 Å². The molecule has 2 rings (SSSR count). The molecule has 3 heteroatoms. The van der Waals surface area contributed by atoms with Gasteiger partial charge in [0.2, 0.25) is 0 Å². The zero-order valence-corrected chi connectivity index (χ0v) is 11.8. The van der Waals surface area contributed by atoms with Gasteiger partial charge in [-0.2, -0.15) is 5.10 Å². The van der Waals surface area contributed by atoms with E-state index in [-0.39, 0.29) is 0 Å². The predicted molar refractivity (Wildman–Crippen MR) is 75.4 cm³/mol. The van der Waals surface area contributed by atoms with E-state index in [9.17, 15) is 0 Å². The van der Waals surface area contributed by atoms with Crippen molar-refractivity contribution in [3.63, 3.8) is 0 Å². The first kappa shape index (κ1) is 13.6. The van der Waals surface area contributed by atoms with Crippen molar-refractivity contribution < 1.29 is 0 Å². The van der Waals surface area contributed by atoms with Crippen molar-refractivity contribution >= 4 is 0 Å². The van der Waals surface area contributed by atoms with E-state index in [1.807, 2.05) is 23.1 Å². The van der Waals surface area contributed by atoms with Gasteiger partial charge in [0.15, 0.2) is 0 Å². The lowest BCUT2D eigenvalue weighted by Crippen LogP contribution is -2.36. The van der Waals surface area contributed by atoms with Gasteiger partial charge in [0.1, 0.15) is 0 Å². The summed E-state index contributed by atoms with van der Waals surface area (Å²) < 4.78 is 2.01. The number of hydrogen-bond acceptors (Lipinski definition) is 2. The van der Waals surface area contributed by atoms with Crippen LogP contribution < -0.4 is 5.32 Å². The van der Waals surface area contributed by atoms with Crippen LogP contribution in [0, 0.1) is 11.8 Å². The van der Waals surface area contributed by atoms with Crippen LogP contribution in [0.25, 0.3) is 0 Å². The molecule has 1 N–H and O–H groups in total. The summed E-state index contributed by atoms with van der Waals surface area (Å²) in [6.07, 6.45) is 10.6. The zero-order valence-electron chi connectivity index (χ0n) is 11.8. The maximum absolute atomic E-state index is 4.22. The highest BCUT2D eigenvalue weighted by Crippen LogP contribution is 2.29. The molecule has 0 spiro atoms. The van der Waals surface area contributed by atoms with Gasteiger partial charge in [-0.15, -0.1) is 0 Å². The average molecular weight is 249 g/mol. The first-order chi connectivity index (χ1) is 8.75. The molecule has 0 aromatic carbocycles. The first-order valence-corrected chi connectivity index (χ1v) is 7.46. The Balaban J connectivity index is 1.61. The molecule has 0 aliphatic heterocycles. The monoisotopic (exact) mass is 249 g/mol. The minimum atomic E-state index is 0.753. The molecule has 1 aliphatic rings. The molecule has 0 bridgehead atoms. The van der Waals surface area contributed by atoms with E-state index in [2.05, 4.69) is 24.3 Å². The highest BCUT2D eigenvalue weighted by Gasteiger charge is 2.23. The number of rotatable bonds is 6. The van der Waals surface area contributed by atoms with Crippen LogP contribution in [0.15, 0.2) is 18.5 Å². The van der Waals surface area contributed by atoms with Gasteiger partial charge in [-0.05, 0) is 43.7 Å². The molecular weight excluding hydrogens is 222 g/mol. The Hall–Kier alpha value is -0.830. The maximum atomic E-state index is 4.22. The molecular formula is C15H27N3. The number of aryl methyl sites for hydroxylation is 1. The second-order valence-corrected chi connectivity index (χ2v) is 5.94. The standard InChI is InChI=1S/C15H27N3/c1-13(2)14-6-3-7-15(12-14)16-8-4-10-18-11-5-9-17-18/h5,9,11,13-16H,3-4,6-8,10,12H2,1-2H3. The van der Waals surface area contributed by atoms with Crippen molar-refractivity contribution in [2.45, 2.75) is 58.5 Å². The average Bonchev–Trinajstić information content (AvgIpc) is 2.88. The SMILES string of the molecule is CC(C)C1CCCC(NCCCn2cccn2)C1. The highest BCUT2D eigenvalue weighted by atomic mass is 15.3. The van der Waals surface area contributed by atoms with Crippen molar-refractivity contribution in [3.8, 4) is 0 Å². The number of hydrogen-bond donors (Lipinski definition) is 1. The third-order valence-electron chi connectivity index (χ3n) is 4.21. The van der Waals surface area contributed by atoms with Gasteiger partial charge >= 0.3 is 0 Å². The maximum Gasteiger partial charge on any atom is 0.0489 e. The lowest BCUT2D eigenvalue weighted by molar-refractivity contribution is 0.231. The number of nitrogens with one attached hydrogen (secondary N) is 1. The molecule has 1 aliphatic carbocycles. The van der Waals surface area contributed by atoms with Crippen molar-refractivity contribution in [1.82, 2.24) is 15.1 Å². The van der Waals surface area contributed by atoms with E-state index in [0.29, 0.717) is 0 Å². The summed E-state index contributed by atoms with van der Waals surface area (Å²) in [5.74, 6) is 1.78. The Morgan fingerprint density at radius 3 is 3.00 bits per heavy atom. The summed E-state index contributed by atoms with van der Waals surface area (Å²) in [4.78, 5) is 0. The molecule has 0 radical (unpaired) electrons. The summed E-state index contributed by atoms with van der Waals surface area (Å²) >= 11 is 0. The Kier molecular flexibility index (Phi) is 5.24. The summed E-state index contributed by atoms with van der Waals surface area (Å²) in [7, 11) is 0. The van der Waals surface area contributed by atoms with Gasteiger partial charge in [0, 0.05) is 25.0 Å². The molecule has 18 heavy (non-hydrogen) atoms. The lowest BCUT2D eigenvalue weighted by Gasteiger charge is -2.32. The smallest absolute Gasteiger partial charge is 0.0489 e. The normalized spacial score (nSPS) is 24.6. The summed E-state index contributed by atoms with van der Waals surface area (Å²) in [6, 6.07) is 2.74. The van der Waals surface area contributed by atoms with Crippen LogP contribution in [0.4, 0.5) is 0 Å². The largest absolute Gasteiger partial charge is 0.314 e. The fourth-order valence-corrected chi connectivity index (χ4v) is 3.00. The second kappa shape index (κ2) is 6.93. The van der Waals surface area contributed by atoms with Gasteiger partial charge in [0.05, 0.1) is 0 Å². The second-order valence-electron chi connectivity index (χ2n) is 5.94. The molecule has 2 unspecified atom stereocenters. The highest BCUT2D eigenvalue weighted by molar-refractivity contribution is 4.80. The molecule has 1 saturated carbocycles. The number of aromatic nitrogens is 2.